The van der Waals surface area contributed by atoms with Gasteiger partial charge in [0.1, 0.15) is 29.6 Å². The Morgan fingerprint density at radius 1 is 0.934 bits per heavy atom. The lowest BCUT2D eigenvalue weighted by Gasteiger charge is -2.42. The number of likely N-dealkylation sites (tertiary alicyclic amines) is 1. The number of furan rings is 1. The van der Waals surface area contributed by atoms with Gasteiger partial charge in [0.15, 0.2) is 8.32 Å². The van der Waals surface area contributed by atoms with Crippen LogP contribution < -0.4 is 15.0 Å². The molecule has 0 spiro atoms. The van der Waals surface area contributed by atoms with E-state index in [9.17, 15) is 10.1 Å². The third kappa shape index (κ3) is 9.35. The fourth-order valence-electron chi connectivity index (χ4n) is 10.1. The fraction of sp³-hybridized carbons (Fsp3) is 0.543. The van der Waals surface area contributed by atoms with Crippen molar-refractivity contribution in [1.82, 2.24) is 24.4 Å². The Morgan fingerprint density at radius 3 is 2.34 bits per heavy atom. The van der Waals surface area contributed by atoms with E-state index in [4.69, 9.17) is 28.3 Å². The van der Waals surface area contributed by atoms with Gasteiger partial charge >= 0.3 is 0 Å². The van der Waals surface area contributed by atoms with E-state index in [0.717, 1.165) is 92.2 Å². The molecular formula is C46H64N8O6Si. The van der Waals surface area contributed by atoms with Crippen molar-refractivity contribution in [3.8, 4) is 28.4 Å². The Hall–Kier alpha value is -4.83. The highest BCUT2D eigenvalue weighted by Crippen LogP contribution is 2.43. The van der Waals surface area contributed by atoms with Crippen molar-refractivity contribution < 1.29 is 23.2 Å². The van der Waals surface area contributed by atoms with Gasteiger partial charge in [-0.2, -0.15) is 0 Å². The average molecular weight is 853 g/mol. The van der Waals surface area contributed by atoms with E-state index >= 15 is 0 Å². The van der Waals surface area contributed by atoms with Crippen LogP contribution in [0.5, 0.6) is 5.75 Å². The predicted molar refractivity (Wildman–Crippen MR) is 244 cm³/mol. The monoisotopic (exact) mass is 852 g/mol. The minimum atomic E-state index is -1.97. The smallest absolute Gasteiger partial charge is 0.294 e. The summed E-state index contributed by atoms with van der Waals surface area (Å²) in [5, 5.41) is 16.9. The van der Waals surface area contributed by atoms with Crippen LogP contribution in [0.25, 0.3) is 33.6 Å². The molecule has 2 aromatic carbocycles. The molecule has 2 aliphatic heterocycles. The van der Waals surface area contributed by atoms with E-state index in [1.165, 1.54) is 18.9 Å². The highest BCUT2D eigenvalue weighted by molar-refractivity contribution is 6.77. The van der Waals surface area contributed by atoms with E-state index in [-0.39, 0.29) is 23.3 Å². The molecule has 7 rings (SSSR count). The fourth-order valence-corrected chi connectivity index (χ4v) is 15.6. The summed E-state index contributed by atoms with van der Waals surface area (Å²) in [7, 11) is 1.28. The number of piperidine rings is 1. The molecule has 3 aromatic heterocycles. The second-order valence-electron chi connectivity index (χ2n) is 17.5. The normalized spacial score (nSPS) is 15.6. The van der Waals surface area contributed by atoms with Gasteiger partial charge in [-0.25, -0.2) is 15.0 Å². The first-order valence-corrected chi connectivity index (χ1v) is 24.2. The van der Waals surface area contributed by atoms with Gasteiger partial charge in [0.25, 0.3) is 5.69 Å². The van der Waals surface area contributed by atoms with Crippen LogP contribution in [0.1, 0.15) is 85.9 Å². The van der Waals surface area contributed by atoms with Crippen molar-refractivity contribution in [2.75, 3.05) is 57.2 Å². The second-order valence-corrected chi connectivity index (χ2v) is 23.0. The molecule has 328 valence electrons. The molecule has 2 saturated heterocycles. The zero-order valence-corrected chi connectivity index (χ0v) is 38.3. The number of nitrogens with one attached hydrogen (secondary N) is 1. The molecule has 0 saturated carbocycles. The Balaban J connectivity index is 1.18. The summed E-state index contributed by atoms with van der Waals surface area (Å²) in [6.45, 7) is 18.7. The zero-order chi connectivity index (χ0) is 43.3. The van der Waals surface area contributed by atoms with Gasteiger partial charge in [-0.3, -0.25) is 10.1 Å². The third-order valence-corrected chi connectivity index (χ3v) is 19.1. The van der Waals surface area contributed by atoms with Crippen LogP contribution in [0.2, 0.25) is 16.6 Å². The molecule has 15 heteroatoms. The Labute approximate surface area is 361 Å². The molecule has 0 amide bonds. The van der Waals surface area contributed by atoms with Crippen molar-refractivity contribution in [3.63, 3.8) is 0 Å². The number of nitro benzene ring substituents is 1. The van der Waals surface area contributed by atoms with Crippen LogP contribution in [-0.2, 0) is 22.3 Å². The molecule has 61 heavy (non-hydrogen) atoms. The number of fused-ring (bicyclic) bond motifs is 1. The summed E-state index contributed by atoms with van der Waals surface area (Å²) >= 11 is 0. The number of benzene rings is 2. The first-order chi connectivity index (χ1) is 29.4. The maximum Gasteiger partial charge on any atom is 0.294 e. The number of unbranched alkanes of at least 4 members (excludes halogenated alkanes) is 1. The molecule has 0 radical (unpaired) electrons. The third-order valence-electron chi connectivity index (χ3n) is 13.0. The van der Waals surface area contributed by atoms with E-state index in [1.54, 1.807) is 32.7 Å². The maximum atomic E-state index is 12.6. The Kier molecular flexibility index (Phi) is 14.1. The minimum Gasteiger partial charge on any atom is -0.494 e. The molecular weight excluding hydrogens is 789 g/mol. The SMILES string of the molecule is COCn1c(CCCCO[Si](C(C)C)(C(C)C)C(C)C)nc(-c2ccc3ccoc3c2)c1-c1ccnc(Nc2cc([N+](=O)[O-])c(N3CCC(N4CCCC4)CC3)cc2OC)n1. The minimum absolute atomic E-state index is 0.00791. The lowest BCUT2D eigenvalue weighted by Crippen LogP contribution is -2.47. The van der Waals surface area contributed by atoms with Gasteiger partial charge < -0.3 is 38.0 Å². The number of nitro groups is 1. The number of hydrogen-bond donors (Lipinski definition) is 1. The van der Waals surface area contributed by atoms with Crippen LogP contribution in [0, 0.1) is 10.1 Å². The quantitative estimate of drug-likeness (QED) is 0.0365. The Morgan fingerprint density at radius 2 is 1.67 bits per heavy atom. The summed E-state index contributed by atoms with van der Waals surface area (Å²) in [4.78, 5) is 31.8. The highest BCUT2D eigenvalue weighted by Gasteiger charge is 2.44. The van der Waals surface area contributed by atoms with Crippen LogP contribution in [-0.4, -0.2) is 90.7 Å². The van der Waals surface area contributed by atoms with Crippen LogP contribution >= 0.6 is 0 Å². The lowest BCUT2D eigenvalue weighted by atomic mass is 10.0. The van der Waals surface area contributed by atoms with Crippen molar-refractivity contribution in [3.05, 3.63) is 70.9 Å². The number of imidazole rings is 1. The standard InChI is InChI=1S/C46H64N8O6Si/c1-31(2)61(32(3)4,33(5)6)60-25-12-9-13-43-50-44(35-15-14-34-19-26-59-41(34)27-35)45(53(43)30-57-7)37-16-20-47-46(48-37)49-38-28-40(54(55)56)39(29-42(38)58-8)52-23-17-36(18-24-52)51-21-10-11-22-51/h14-16,19-20,26-29,31-33,36H,9-13,17-18,21-25,30H2,1-8H3,(H,47,48,49). The Bertz CT molecular complexity index is 2240. The highest BCUT2D eigenvalue weighted by atomic mass is 28.4. The number of methoxy groups -OCH3 is 2. The molecule has 0 atom stereocenters. The predicted octanol–water partition coefficient (Wildman–Crippen LogP) is 10.6. The number of rotatable bonds is 19. The van der Waals surface area contributed by atoms with Gasteiger partial charge in [0, 0.05) is 68.5 Å². The number of anilines is 3. The van der Waals surface area contributed by atoms with E-state index < -0.39 is 8.32 Å². The van der Waals surface area contributed by atoms with E-state index in [1.807, 2.05) is 30.3 Å². The van der Waals surface area contributed by atoms with Crippen molar-refractivity contribution in [2.45, 2.75) is 116 Å². The van der Waals surface area contributed by atoms with Crippen molar-refractivity contribution >= 4 is 42.3 Å². The topological polar surface area (TPSA) is 146 Å². The number of nitrogens with zero attached hydrogens (tertiary/aromatic N) is 7. The lowest BCUT2D eigenvalue weighted by molar-refractivity contribution is -0.384. The van der Waals surface area contributed by atoms with Crippen LogP contribution in [0.3, 0.4) is 0 Å². The van der Waals surface area contributed by atoms with Gasteiger partial charge in [-0.15, -0.1) is 0 Å². The first-order valence-electron chi connectivity index (χ1n) is 22.1. The van der Waals surface area contributed by atoms with Gasteiger partial charge in [0.2, 0.25) is 5.95 Å². The van der Waals surface area contributed by atoms with Gasteiger partial charge in [0.05, 0.1) is 41.1 Å². The summed E-state index contributed by atoms with van der Waals surface area (Å²) in [6, 6.07) is 13.7. The van der Waals surface area contributed by atoms with Gasteiger partial charge in [-0.1, -0.05) is 53.7 Å². The van der Waals surface area contributed by atoms with E-state index in [0.29, 0.717) is 51.9 Å². The van der Waals surface area contributed by atoms with Crippen molar-refractivity contribution in [2.24, 2.45) is 0 Å². The number of hydrogen-bond acceptors (Lipinski definition) is 12. The molecule has 5 heterocycles. The molecule has 2 fully saturated rings. The van der Waals surface area contributed by atoms with Crippen LogP contribution in [0.15, 0.2) is 59.3 Å². The second kappa shape index (κ2) is 19.5. The van der Waals surface area contributed by atoms with Gasteiger partial charge in [-0.05, 0) is 86.4 Å². The average Bonchev–Trinajstić information content (AvgIpc) is 4.03. The molecule has 1 N–H and O–H groups in total. The maximum absolute atomic E-state index is 12.6. The number of aryl methyl sites for hydroxylation is 1. The van der Waals surface area contributed by atoms with Crippen molar-refractivity contribution in [1.29, 1.82) is 0 Å². The molecule has 2 aliphatic rings. The molecule has 14 nitrogen and oxygen atoms in total. The van der Waals surface area contributed by atoms with Crippen LogP contribution in [0.4, 0.5) is 23.0 Å². The number of aromatic nitrogens is 4. The zero-order valence-electron chi connectivity index (χ0n) is 37.3. The van der Waals surface area contributed by atoms with E-state index in [2.05, 4.69) is 66.2 Å². The molecule has 5 aromatic rings. The molecule has 0 unspecified atom stereocenters. The molecule has 0 bridgehead atoms. The first kappa shape index (κ1) is 44.2. The molecule has 0 aliphatic carbocycles. The summed E-state index contributed by atoms with van der Waals surface area (Å²) < 4.78 is 26.4. The summed E-state index contributed by atoms with van der Waals surface area (Å²) in [6.07, 6.45) is 10.3. The number of ether oxygens (including phenoxy) is 2. The summed E-state index contributed by atoms with van der Waals surface area (Å²) in [5.41, 5.74) is 6.30. The summed E-state index contributed by atoms with van der Waals surface area (Å²) in [5.74, 6) is 1.60. The largest absolute Gasteiger partial charge is 0.494 e.